The van der Waals surface area contributed by atoms with Crippen molar-refractivity contribution in [2.75, 3.05) is 34.4 Å². The summed E-state index contributed by atoms with van der Waals surface area (Å²) in [7, 11) is -3.73. The number of hydrogen-bond donors (Lipinski definition) is 0. The minimum atomic E-state index is -3.73. The number of hydrogen-bond acceptors (Lipinski definition) is 4. The zero-order valence-corrected chi connectivity index (χ0v) is 19.0. The Morgan fingerprint density at radius 3 is 1.67 bits per heavy atom. The van der Waals surface area contributed by atoms with Crippen molar-refractivity contribution in [3.8, 4) is 0 Å². The molecule has 21 heavy (non-hydrogen) atoms. The lowest BCUT2D eigenvalue weighted by Gasteiger charge is -2.30. The topological polar surface area (TPSA) is 44.8 Å². The van der Waals surface area contributed by atoms with Crippen LogP contribution in [-0.2, 0) is 18.1 Å². The Kier molecular flexibility index (Phi) is 12.8. The smallest absolute Gasteiger partial charge is 0.286 e. The zero-order chi connectivity index (χ0) is 16.5. The third-order valence-electron chi connectivity index (χ3n) is 2.43. The van der Waals surface area contributed by atoms with Gasteiger partial charge in [-0.2, -0.15) is 0 Å². The van der Waals surface area contributed by atoms with Crippen molar-refractivity contribution in [3.05, 3.63) is 0 Å². The third kappa shape index (κ3) is 8.69. The van der Waals surface area contributed by atoms with Gasteiger partial charge in [-0.15, -0.1) is 23.2 Å². The van der Waals surface area contributed by atoms with Crippen molar-refractivity contribution in [2.45, 2.75) is 26.1 Å². The monoisotopic (exact) mass is 554 g/mol. The molecule has 0 aromatic rings. The maximum absolute atomic E-state index is 12.7. The van der Waals surface area contributed by atoms with Crippen LogP contribution < -0.4 is 0 Å². The minimum absolute atomic E-state index is 0.187. The second kappa shape index (κ2) is 11.6. The second-order valence-electron chi connectivity index (χ2n) is 4.76. The molecular formula is C11H20Br3Cl2O4P. The Labute approximate surface area is 161 Å². The van der Waals surface area contributed by atoms with E-state index in [0.29, 0.717) is 16.0 Å². The summed E-state index contributed by atoms with van der Waals surface area (Å²) in [5.74, 6) is 0.374. The van der Waals surface area contributed by atoms with E-state index in [1.165, 1.54) is 0 Å². The molecule has 0 aliphatic rings. The van der Waals surface area contributed by atoms with Crippen LogP contribution in [0.1, 0.15) is 13.8 Å². The van der Waals surface area contributed by atoms with E-state index in [1.807, 2.05) is 0 Å². The fourth-order valence-corrected chi connectivity index (χ4v) is 6.23. The van der Waals surface area contributed by atoms with Gasteiger partial charge in [-0.05, 0) is 13.8 Å². The van der Waals surface area contributed by atoms with E-state index in [1.54, 1.807) is 13.8 Å². The lowest BCUT2D eigenvalue weighted by atomic mass is 9.98. The number of rotatable bonds is 12. The number of phosphoric ester groups is 1. The molecule has 0 saturated heterocycles. The molecule has 10 heteroatoms. The molecule has 2 unspecified atom stereocenters. The molecule has 0 aliphatic carbocycles. The summed E-state index contributed by atoms with van der Waals surface area (Å²) < 4.78 is 29.0. The molecule has 0 saturated carbocycles. The first-order chi connectivity index (χ1) is 9.80. The maximum Gasteiger partial charge on any atom is 0.475 e. The van der Waals surface area contributed by atoms with E-state index >= 15 is 0 Å². The van der Waals surface area contributed by atoms with Crippen molar-refractivity contribution in [1.29, 1.82) is 0 Å². The predicted octanol–water partition coefficient (Wildman–Crippen LogP) is 5.57. The Hall–Kier alpha value is 2.13. The van der Waals surface area contributed by atoms with Gasteiger partial charge in [0, 0.05) is 33.2 Å². The molecule has 0 radical (unpaired) electrons. The minimum Gasteiger partial charge on any atom is -0.286 e. The molecule has 0 aliphatic heterocycles. The summed E-state index contributed by atoms with van der Waals surface area (Å²) in [5.41, 5.74) is -0.267. The van der Waals surface area contributed by atoms with Crippen LogP contribution in [0.2, 0.25) is 0 Å². The Bertz CT molecular complexity index is 310. The van der Waals surface area contributed by atoms with Gasteiger partial charge in [0.15, 0.2) is 0 Å². The highest BCUT2D eigenvalue weighted by Crippen LogP contribution is 2.53. The standard InChI is InChI=1S/C11H20Br3Cl2O4P/c1-9(3-15)19-21(17,20-10(2)4-16)18-8-11(5-12,6-13)7-14/h9-10H,3-8H2,1-2H3. The molecule has 0 amide bonds. The maximum atomic E-state index is 12.7. The quantitative estimate of drug-likeness (QED) is 0.233. The summed E-state index contributed by atoms with van der Waals surface area (Å²) in [6.07, 6.45) is -0.905. The molecule has 4 nitrogen and oxygen atoms in total. The largest absolute Gasteiger partial charge is 0.475 e. The van der Waals surface area contributed by atoms with Gasteiger partial charge in [0.05, 0.1) is 18.8 Å². The van der Waals surface area contributed by atoms with Crippen molar-refractivity contribution in [3.63, 3.8) is 0 Å². The molecule has 0 fully saturated rings. The first-order valence-electron chi connectivity index (χ1n) is 6.21. The first kappa shape index (κ1) is 23.1. The van der Waals surface area contributed by atoms with Crippen LogP contribution in [0.4, 0.5) is 0 Å². The molecular weight excluding hydrogens is 538 g/mol. The number of phosphoric acid groups is 1. The van der Waals surface area contributed by atoms with Crippen LogP contribution in [0.3, 0.4) is 0 Å². The summed E-state index contributed by atoms with van der Waals surface area (Å²) in [6, 6.07) is 0. The van der Waals surface area contributed by atoms with Crippen LogP contribution in [0.15, 0.2) is 0 Å². The summed E-state index contributed by atoms with van der Waals surface area (Å²) in [4.78, 5) is 0. The molecule has 0 spiro atoms. The van der Waals surface area contributed by atoms with Crippen LogP contribution in [0.25, 0.3) is 0 Å². The van der Waals surface area contributed by atoms with Gasteiger partial charge >= 0.3 is 7.82 Å². The predicted molar refractivity (Wildman–Crippen MR) is 99.9 cm³/mol. The van der Waals surface area contributed by atoms with Gasteiger partial charge in [-0.25, -0.2) is 4.57 Å². The molecule has 2 atom stereocenters. The second-order valence-corrected chi connectivity index (χ2v) is 8.64. The summed E-state index contributed by atoms with van der Waals surface area (Å²) >= 11 is 21.7. The lowest BCUT2D eigenvalue weighted by molar-refractivity contribution is 0.0581. The molecule has 0 heterocycles. The zero-order valence-electron chi connectivity index (χ0n) is 11.9. The van der Waals surface area contributed by atoms with Gasteiger partial charge in [0.2, 0.25) is 0 Å². The molecule has 0 rings (SSSR count). The highest BCUT2D eigenvalue weighted by Gasteiger charge is 2.36. The Morgan fingerprint density at radius 1 is 1.00 bits per heavy atom. The van der Waals surface area contributed by atoms with Gasteiger partial charge in [-0.3, -0.25) is 13.6 Å². The van der Waals surface area contributed by atoms with Crippen molar-refractivity contribution < 1.29 is 18.1 Å². The highest BCUT2D eigenvalue weighted by molar-refractivity contribution is 9.10. The normalized spacial score (nSPS) is 18.2. The van der Waals surface area contributed by atoms with Crippen molar-refractivity contribution in [2.24, 2.45) is 5.41 Å². The number of halogens is 5. The van der Waals surface area contributed by atoms with E-state index in [4.69, 9.17) is 36.8 Å². The Balaban J connectivity index is 4.93. The van der Waals surface area contributed by atoms with Crippen LogP contribution in [0, 0.1) is 5.41 Å². The van der Waals surface area contributed by atoms with E-state index in [2.05, 4.69) is 47.8 Å². The molecule has 0 aromatic carbocycles. The Morgan fingerprint density at radius 2 is 1.38 bits per heavy atom. The van der Waals surface area contributed by atoms with Crippen molar-refractivity contribution >= 4 is 78.8 Å². The summed E-state index contributed by atoms with van der Waals surface area (Å²) in [5, 5.41) is 1.98. The van der Waals surface area contributed by atoms with E-state index in [9.17, 15) is 4.57 Å². The van der Waals surface area contributed by atoms with Gasteiger partial charge in [-0.1, -0.05) is 47.8 Å². The van der Waals surface area contributed by atoms with Crippen LogP contribution >= 0.6 is 78.8 Å². The van der Waals surface area contributed by atoms with Crippen LogP contribution in [0.5, 0.6) is 0 Å². The van der Waals surface area contributed by atoms with E-state index < -0.39 is 20.0 Å². The molecule has 0 aromatic heterocycles. The van der Waals surface area contributed by atoms with Gasteiger partial charge in [0.1, 0.15) is 0 Å². The highest BCUT2D eigenvalue weighted by atomic mass is 79.9. The SMILES string of the molecule is CC(CCl)OP(=O)(OCC(CBr)(CBr)CBr)OC(C)CCl. The average molecular weight is 558 g/mol. The lowest BCUT2D eigenvalue weighted by Crippen LogP contribution is -2.33. The first-order valence-corrected chi connectivity index (χ1v) is 12.1. The van der Waals surface area contributed by atoms with Gasteiger partial charge in [0.25, 0.3) is 0 Å². The third-order valence-corrected chi connectivity index (χ3v) is 8.55. The molecule has 0 N–H and O–H groups in total. The van der Waals surface area contributed by atoms with Gasteiger partial charge < -0.3 is 0 Å². The van der Waals surface area contributed by atoms with E-state index in [0.717, 1.165) is 0 Å². The fraction of sp³-hybridized carbons (Fsp3) is 1.00. The van der Waals surface area contributed by atoms with Crippen LogP contribution in [-0.4, -0.2) is 46.6 Å². The molecule has 128 valence electrons. The van der Waals surface area contributed by atoms with Crippen molar-refractivity contribution in [1.82, 2.24) is 0 Å². The fourth-order valence-electron chi connectivity index (χ4n) is 1.02. The number of alkyl halides is 5. The van der Waals surface area contributed by atoms with E-state index in [-0.39, 0.29) is 23.8 Å². The summed E-state index contributed by atoms with van der Waals surface area (Å²) in [6.45, 7) is 3.59. The average Bonchev–Trinajstić information content (AvgIpc) is 2.48. The molecule has 0 bridgehead atoms.